The lowest BCUT2D eigenvalue weighted by Gasteiger charge is -2.27. The summed E-state index contributed by atoms with van der Waals surface area (Å²) >= 11 is 0. The summed E-state index contributed by atoms with van der Waals surface area (Å²) in [7, 11) is 0. The largest absolute Gasteiger partial charge is 0.347 e. The minimum atomic E-state index is -0.174. The Morgan fingerprint density at radius 3 is 2.71 bits per heavy atom. The zero-order chi connectivity index (χ0) is 12.3. The van der Waals surface area contributed by atoms with Gasteiger partial charge in [-0.15, -0.1) is 5.10 Å². The van der Waals surface area contributed by atoms with Crippen LogP contribution in [0.5, 0.6) is 0 Å². The van der Waals surface area contributed by atoms with E-state index in [9.17, 15) is 4.79 Å². The second-order valence-corrected chi connectivity index (χ2v) is 4.90. The number of H-pyrrole nitrogens is 1. The highest BCUT2D eigenvalue weighted by Gasteiger charge is 2.22. The average molecular weight is 236 g/mol. The van der Waals surface area contributed by atoms with Crippen LogP contribution in [0.15, 0.2) is 0 Å². The molecule has 1 aliphatic rings. The zero-order valence-electron chi connectivity index (χ0n) is 10.5. The second-order valence-electron chi connectivity index (χ2n) is 4.90. The minimum Gasteiger partial charge on any atom is -0.347 e. The van der Waals surface area contributed by atoms with Gasteiger partial charge >= 0.3 is 0 Å². The molecule has 1 fully saturated rings. The fourth-order valence-corrected chi connectivity index (χ4v) is 2.47. The van der Waals surface area contributed by atoms with Gasteiger partial charge in [0.2, 0.25) is 5.82 Å². The average Bonchev–Trinajstić information content (AvgIpc) is 2.77. The molecule has 1 aromatic rings. The lowest BCUT2D eigenvalue weighted by molar-refractivity contribution is 0.0909. The third-order valence-corrected chi connectivity index (χ3v) is 3.52. The highest BCUT2D eigenvalue weighted by Crippen LogP contribution is 2.26. The first kappa shape index (κ1) is 12.1. The van der Waals surface area contributed by atoms with E-state index in [0.29, 0.717) is 11.7 Å². The molecular formula is C12H20N4O. The van der Waals surface area contributed by atoms with Crippen molar-refractivity contribution in [1.82, 2.24) is 20.5 Å². The smallest absolute Gasteiger partial charge is 0.291 e. The van der Waals surface area contributed by atoms with Gasteiger partial charge in [0.05, 0.1) is 0 Å². The molecule has 1 unspecified atom stereocenters. The first-order valence-electron chi connectivity index (χ1n) is 6.36. The summed E-state index contributed by atoms with van der Waals surface area (Å²) in [6, 6.07) is 0.210. The van der Waals surface area contributed by atoms with E-state index in [1.807, 2.05) is 0 Å². The van der Waals surface area contributed by atoms with E-state index in [1.165, 1.54) is 32.1 Å². The van der Waals surface area contributed by atoms with Crippen molar-refractivity contribution in [2.45, 2.75) is 52.0 Å². The van der Waals surface area contributed by atoms with Crippen molar-refractivity contribution in [3.8, 4) is 0 Å². The van der Waals surface area contributed by atoms with Gasteiger partial charge < -0.3 is 5.32 Å². The summed E-state index contributed by atoms with van der Waals surface area (Å²) in [4.78, 5) is 15.9. The fourth-order valence-electron chi connectivity index (χ4n) is 2.47. The number of nitrogens with one attached hydrogen (secondary N) is 2. The maximum Gasteiger partial charge on any atom is 0.291 e. The predicted octanol–water partition coefficient (Wildman–Crippen LogP) is 1.81. The Balaban J connectivity index is 1.89. The first-order chi connectivity index (χ1) is 8.16. The van der Waals surface area contributed by atoms with Crippen LogP contribution in [-0.2, 0) is 0 Å². The molecule has 94 valence electrons. The van der Waals surface area contributed by atoms with Crippen molar-refractivity contribution in [3.05, 3.63) is 11.6 Å². The molecule has 1 amide bonds. The van der Waals surface area contributed by atoms with Crippen LogP contribution in [-0.4, -0.2) is 27.1 Å². The minimum absolute atomic E-state index is 0.174. The summed E-state index contributed by atoms with van der Waals surface area (Å²) in [5.41, 5.74) is 0. The molecule has 17 heavy (non-hydrogen) atoms. The number of aromatic nitrogens is 3. The monoisotopic (exact) mass is 236 g/mol. The van der Waals surface area contributed by atoms with Gasteiger partial charge in [-0.3, -0.25) is 9.89 Å². The maximum absolute atomic E-state index is 11.9. The topological polar surface area (TPSA) is 70.7 Å². The Labute approximate surface area is 101 Å². The SMILES string of the molecule is Cc1nc(C(=O)NC(C)C2CCCCC2)n[nH]1. The lowest BCUT2D eigenvalue weighted by atomic mass is 9.84. The molecule has 0 spiro atoms. The van der Waals surface area contributed by atoms with E-state index in [1.54, 1.807) is 6.92 Å². The molecule has 1 saturated carbocycles. The van der Waals surface area contributed by atoms with Crippen LogP contribution in [0.3, 0.4) is 0 Å². The Kier molecular flexibility index (Phi) is 3.76. The van der Waals surface area contributed by atoms with Crippen molar-refractivity contribution in [1.29, 1.82) is 0 Å². The number of amides is 1. The Hall–Kier alpha value is -1.39. The summed E-state index contributed by atoms with van der Waals surface area (Å²) in [5, 5.41) is 9.54. The van der Waals surface area contributed by atoms with Gasteiger partial charge in [0.25, 0.3) is 5.91 Å². The number of hydrogen-bond acceptors (Lipinski definition) is 3. The summed E-state index contributed by atoms with van der Waals surface area (Å²) in [6.45, 7) is 3.86. The van der Waals surface area contributed by atoms with Gasteiger partial charge in [0.15, 0.2) is 0 Å². The van der Waals surface area contributed by atoms with Crippen LogP contribution in [0, 0.1) is 12.8 Å². The number of carbonyl (C=O) groups excluding carboxylic acids is 1. The third-order valence-electron chi connectivity index (χ3n) is 3.52. The number of nitrogens with zero attached hydrogens (tertiary/aromatic N) is 2. The molecule has 1 aromatic heterocycles. The maximum atomic E-state index is 11.9. The Morgan fingerprint density at radius 1 is 1.41 bits per heavy atom. The summed E-state index contributed by atoms with van der Waals surface area (Å²) in [5.74, 6) is 1.34. The second kappa shape index (κ2) is 5.29. The highest BCUT2D eigenvalue weighted by molar-refractivity contribution is 5.90. The van der Waals surface area contributed by atoms with Gasteiger partial charge in [0, 0.05) is 6.04 Å². The molecule has 5 heteroatoms. The number of aryl methyl sites for hydroxylation is 1. The molecule has 2 rings (SSSR count). The number of rotatable bonds is 3. The van der Waals surface area contributed by atoms with Crippen molar-refractivity contribution in [2.24, 2.45) is 5.92 Å². The summed E-state index contributed by atoms with van der Waals surface area (Å²) in [6.07, 6.45) is 6.33. The molecule has 1 atom stereocenters. The van der Waals surface area contributed by atoms with Gasteiger partial charge in [-0.05, 0) is 32.6 Å². The Bertz CT molecular complexity index is 382. The molecule has 5 nitrogen and oxygen atoms in total. The van der Waals surface area contributed by atoms with Crippen LogP contribution < -0.4 is 5.32 Å². The van der Waals surface area contributed by atoms with Crippen LogP contribution in [0.25, 0.3) is 0 Å². The molecule has 0 aromatic carbocycles. The summed E-state index contributed by atoms with van der Waals surface area (Å²) < 4.78 is 0. The van der Waals surface area contributed by atoms with Gasteiger partial charge in [-0.1, -0.05) is 19.3 Å². The van der Waals surface area contributed by atoms with Gasteiger partial charge in [-0.2, -0.15) is 0 Å². The van der Waals surface area contributed by atoms with Crippen LogP contribution in [0.2, 0.25) is 0 Å². The lowest BCUT2D eigenvalue weighted by Crippen LogP contribution is -2.39. The van der Waals surface area contributed by atoms with Crippen LogP contribution in [0.1, 0.15) is 55.5 Å². The molecule has 0 aliphatic heterocycles. The molecular weight excluding hydrogens is 216 g/mol. The quantitative estimate of drug-likeness (QED) is 0.840. The molecule has 2 N–H and O–H groups in total. The fraction of sp³-hybridized carbons (Fsp3) is 0.750. The number of carbonyl (C=O) groups is 1. The van der Waals surface area contributed by atoms with Crippen molar-refractivity contribution in [3.63, 3.8) is 0 Å². The van der Waals surface area contributed by atoms with E-state index >= 15 is 0 Å². The third kappa shape index (κ3) is 3.05. The normalized spacial score (nSPS) is 18.9. The van der Waals surface area contributed by atoms with E-state index in [-0.39, 0.29) is 17.8 Å². The van der Waals surface area contributed by atoms with E-state index in [0.717, 1.165) is 0 Å². The standard InChI is InChI=1S/C12H20N4O/c1-8(10-6-4-3-5-7-10)13-12(17)11-14-9(2)15-16-11/h8,10H,3-7H2,1-2H3,(H,13,17)(H,14,15,16). The zero-order valence-corrected chi connectivity index (χ0v) is 10.5. The predicted molar refractivity (Wildman–Crippen MR) is 64.6 cm³/mol. The van der Waals surface area contributed by atoms with E-state index in [4.69, 9.17) is 0 Å². The van der Waals surface area contributed by atoms with Crippen LogP contribution in [0.4, 0.5) is 0 Å². The number of aromatic amines is 1. The molecule has 0 radical (unpaired) electrons. The van der Waals surface area contributed by atoms with Crippen molar-refractivity contribution >= 4 is 5.91 Å². The van der Waals surface area contributed by atoms with E-state index in [2.05, 4.69) is 27.4 Å². The molecule has 1 aliphatic carbocycles. The highest BCUT2D eigenvalue weighted by atomic mass is 16.2. The van der Waals surface area contributed by atoms with E-state index < -0.39 is 0 Å². The van der Waals surface area contributed by atoms with Gasteiger partial charge in [-0.25, -0.2) is 4.98 Å². The van der Waals surface area contributed by atoms with Crippen molar-refractivity contribution < 1.29 is 4.79 Å². The molecule has 0 bridgehead atoms. The number of hydrogen-bond donors (Lipinski definition) is 2. The first-order valence-corrected chi connectivity index (χ1v) is 6.36. The molecule has 1 heterocycles. The van der Waals surface area contributed by atoms with Crippen LogP contribution >= 0.6 is 0 Å². The van der Waals surface area contributed by atoms with Gasteiger partial charge in [0.1, 0.15) is 5.82 Å². The Morgan fingerprint density at radius 2 is 2.12 bits per heavy atom. The molecule has 0 saturated heterocycles. The van der Waals surface area contributed by atoms with Crippen molar-refractivity contribution in [2.75, 3.05) is 0 Å².